The molecule has 0 saturated carbocycles. The topological polar surface area (TPSA) is 87.7 Å². The third-order valence-corrected chi connectivity index (χ3v) is 11.5. The molecule has 53 heavy (non-hydrogen) atoms. The van der Waals surface area contributed by atoms with Gasteiger partial charge >= 0.3 is 0 Å². The highest BCUT2D eigenvalue weighted by Crippen LogP contribution is 2.38. The van der Waals surface area contributed by atoms with Gasteiger partial charge in [-0.15, -0.1) is 0 Å². The molecule has 0 aromatic heterocycles. The number of phosphoric ester groups is 1. The van der Waals surface area contributed by atoms with Crippen LogP contribution in [0.15, 0.2) is 36.5 Å². The van der Waals surface area contributed by atoms with Gasteiger partial charge in [-0.25, -0.2) is 0 Å². The van der Waals surface area contributed by atoms with E-state index in [9.17, 15) is 14.3 Å². The summed E-state index contributed by atoms with van der Waals surface area (Å²) in [4.78, 5) is 25.2. The number of nitrogens with zero attached hydrogens (tertiary/aromatic N) is 1. The van der Waals surface area contributed by atoms with Crippen LogP contribution in [0.4, 0.5) is 0 Å². The molecule has 2 atom stereocenters. The smallest absolute Gasteiger partial charge is 0.268 e. The molecule has 0 aliphatic heterocycles. The zero-order valence-electron chi connectivity index (χ0n) is 35.3. The Balaban J connectivity index is 4.29. The van der Waals surface area contributed by atoms with Crippen LogP contribution in [0.1, 0.15) is 181 Å². The molecule has 0 aromatic rings. The summed E-state index contributed by atoms with van der Waals surface area (Å²) in [5.74, 6) is 1.59. The summed E-state index contributed by atoms with van der Waals surface area (Å²) in [6, 6.07) is -0.371. The summed E-state index contributed by atoms with van der Waals surface area (Å²) in [7, 11) is 1.50. The second kappa shape index (κ2) is 38.0. The number of quaternary nitrogens is 1. The van der Waals surface area contributed by atoms with Crippen LogP contribution >= 0.6 is 19.6 Å². The van der Waals surface area contributed by atoms with Crippen molar-refractivity contribution in [1.29, 1.82) is 0 Å². The van der Waals surface area contributed by atoms with Gasteiger partial charge < -0.3 is 23.7 Å². The highest BCUT2D eigenvalue weighted by molar-refractivity contribution is 7.99. The summed E-state index contributed by atoms with van der Waals surface area (Å²) < 4.78 is 23.4. The zero-order valence-corrected chi connectivity index (χ0v) is 37.0. The van der Waals surface area contributed by atoms with Crippen molar-refractivity contribution in [3.63, 3.8) is 0 Å². The van der Waals surface area contributed by atoms with Crippen LogP contribution in [-0.4, -0.2) is 68.8 Å². The summed E-state index contributed by atoms with van der Waals surface area (Å²) in [5, 5.41) is 3.05. The number of thioether (sulfide) groups is 1. The van der Waals surface area contributed by atoms with Gasteiger partial charge in [-0.3, -0.25) is 9.36 Å². The average Bonchev–Trinajstić information content (AvgIpc) is 3.11. The number of hydrogen-bond acceptors (Lipinski definition) is 6. The molecule has 0 heterocycles. The number of unbranched alkanes of at least 4 members (excludes halogenated alkanes) is 20. The number of rotatable bonds is 40. The molecule has 1 amide bonds. The standard InChI is InChI=1S/C44H85N2O5PS/c1-6-8-10-12-14-16-18-20-22-23-24-25-27-29-31-33-35-37-44(47)45-43(41-51-52(48,49)50-39-38-46(3,4)5)42-53-40-36-34-32-30-28-26-21-19-17-15-13-11-9-7-2/h14,16,20,22,24-25,43H,6-13,15,17-19,21,23,26-42H2,1-5H3,(H-,45,47,48,49)/b16-14-,22-20-,25-24-/t43-/m0/s1. The van der Waals surface area contributed by atoms with Crippen LogP contribution in [0.25, 0.3) is 0 Å². The average molecular weight is 785 g/mol. The number of allylic oxidation sites excluding steroid dienone is 6. The van der Waals surface area contributed by atoms with Gasteiger partial charge in [0.15, 0.2) is 0 Å². The fourth-order valence-electron chi connectivity index (χ4n) is 5.89. The van der Waals surface area contributed by atoms with Crippen LogP contribution in [0.5, 0.6) is 0 Å². The van der Waals surface area contributed by atoms with E-state index in [2.05, 4.69) is 55.6 Å². The molecule has 0 aromatic carbocycles. The van der Waals surface area contributed by atoms with Gasteiger partial charge in [0.25, 0.3) is 7.82 Å². The van der Waals surface area contributed by atoms with E-state index in [4.69, 9.17) is 9.05 Å². The summed E-state index contributed by atoms with van der Waals surface area (Å²) in [5.41, 5.74) is 0. The van der Waals surface area contributed by atoms with Gasteiger partial charge in [-0.2, -0.15) is 11.8 Å². The van der Waals surface area contributed by atoms with E-state index in [0.29, 0.717) is 23.2 Å². The van der Waals surface area contributed by atoms with Crippen LogP contribution < -0.4 is 10.2 Å². The first-order valence-electron chi connectivity index (χ1n) is 21.8. The SMILES string of the molecule is CCCCC/C=C\C/C=C\C/C=C\CCCCCCC(=O)N[C@@H](COP(=O)([O-])OCC[N+](C)(C)C)CSCCCCCCCCCCCCCCCC. The number of carbonyl (C=O) groups is 1. The third kappa shape index (κ3) is 42.1. The number of amides is 1. The number of nitrogens with one attached hydrogen (secondary N) is 1. The highest BCUT2D eigenvalue weighted by atomic mass is 32.2. The molecule has 0 radical (unpaired) electrons. The Kier molecular flexibility index (Phi) is 37.4. The monoisotopic (exact) mass is 785 g/mol. The Morgan fingerprint density at radius 1 is 0.660 bits per heavy atom. The Hall–Kier alpha value is -0.890. The molecule has 1 N–H and O–H groups in total. The molecule has 0 fully saturated rings. The van der Waals surface area contributed by atoms with Crippen molar-refractivity contribution >= 4 is 25.5 Å². The van der Waals surface area contributed by atoms with Crippen molar-refractivity contribution < 1.29 is 27.8 Å². The summed E-state index contributed by atoms with van der Waals surface area (Å²) >= 11 is 1.77. The predicted octanol–water partition coefficient (Wildman–Crippen LogP) is 12.3. The molecular weight excluding hydrogens is 700 g/mol. The highest BCUT2D eigenvalue weighted by Gasteiger charge is 2.18. The Labute approximate surface area is 333 Å². The summed E-state index contributed by atoms with van der Waals surface area (Å²) in [6.45, 7) is 5.04. The fraction of sp³-hybridized carbons (Fsp3) is 0.841. The minimum absolute atomic E-state index is 0.0372. The van der Waals surface area contributed by atoms with Crippen molar-refractivity contribution in [2.24, 2.45) is 0 Å². The fourth-order valence-corrected chi connectivity index (χ4v) is 7.67. The number of likely N-dealkylation sites (N-methyl/N-ethyl adjacent to an activating group) is 1. The van der Waals surface area contributed by atoms with E-state index in [1.165, 1.54) is 109 Å². The van der Waals surface area contributed by atoms with Gasteiger partial charge in [0, 0.05) is 12.2 Å². The molecule has 0 aliphatic carbocycles. The van der Waals surface area contributed by atoms with Crippen LogP contribution in [0.3, 0.4) is 0 Å². The van der Waals surface area contributed by atoms with Crippen molar-refractivity contribution in [2.45, 2.75) is 187 Å². The first kappa shape index (κ1) is 52.1. The van der Waals surface area contributed by atoms with Crippen LogP contribution in [0.2, 0.25) is 0 Å². The molecule has 9 heteroatoms. The quantitative estimate of drug-likeness (QED) is 0.0288. The molecule has 0 aliphatic rings. The van der Waals surface area contributed by atoms with Crippen molar-refractivity contribution in [1.82, 2.24) is 5.32 Å². The lowest BCUT2D eigenvalue weighted by Crippen LogP contribution is -2.40. The molecule has 7 nitrogen and oxygen atoms in total. The van der Waals surface area contributed by atoms with E-state index in [-0.39, 0.29) is 25.2 Å². The van der Waals surface area contributed by atoms with Gasteiger partial charge in [0.05, 0.1) is 33.8 Å². The Morgan fingerprint density at radius 3 is 1.66 bits per heavy atom. The molecule has 0 rings (SSSR count). The Bertz CT molecular complexity index is 953. The van der Waals surface area contributed by atoms with E-state index in [0.717, 1.165) is 57.1 Å². The zero-order chi connectivity index (χ0) is 39.1. The lowest BCUT2D eigenvalue weighted by molar-refractivity contribution is -0.870. The number of hydrogen-bond donors (Lipinski definition) is 1. The third-order valence-electron chi connectivity index (χ3n) is 9.32. The van der Waals surface area contributed by atoms with E-state index in [1.54, 1.807) is 11.8 Å². The van der Waals surface area contributed by atoms with Crippen molar-refractivity contribution in [3.05, 3.63) is 36.5 Å². The molecule has 1 unspecified atom stereocenters. The van der Waals surface area contributed by atoms with E-state index < -0.39 is 7.82 Å². The first-order chi connectivity index (χ1) is 25.6. The second-order valence-electron chi connectivity index (χ2n) is 15.9. The minimum atomic E-state index is -4.44. The maximum Gasteiger partial charge on any atom is 0.268 e. The minimum Gasteiger partial charge on any atom is -0.756 e. The first-order valence-corrected chi connectivity index (χ1v) is 24.4. The molecular formula is C44H85N2O5PS. The summed E-state index contributed by atoms with van der Waals surface area (Å²) in [6.07, 6.45) is 45.0. The van der Waals surface area contributed by atoms with E-state index >= 15 is 0 Å². The molecule has 0 saturated heterocycles. The number of phosphoric acid groups is 1. The Morgan fingerprint density at radius 2 is 1.11 bits per heavy atom. The lowest BCUT2D eigenvalue weighted by Gasteiger charge is -2.28. The second-order valence-corrected chi connectivity index (χ2v) is 18.4. The van der Waals surface area contributed by atoms with Gasteiger partial charge in [-0.1, -0.05) is 159 Å². The van der Waals surface area contributed by atoms with Gasteiger partial charge in [0.2, 0.25) is 5.91 Å². The molecule has 312 valence electrons. The van der Waals surface area contributed by atoms with Gasteiger partial charge in [-0.05, 0) is 57.1 Å². The van der Waals surface area contributed by atoms with E-state index in [1.807, 2.05) is 21.1 Å². The van der Waals surface area contributed by atoms with Crippen molar-refractivity contribution in [3.8, 4) is 0 Å². The largest absolute Gasteiger partial charge is 0.756 e. The molecule has 0 spiro atoms. The van der Waals surface area contributed by atoms with Crippen LogP contribution in [0, 0.1) is 0 Å². The maximum absolute atomic E-state index is 12.8. The lowest BCUT2D eigenvalue weighted by atomic mass is 10.0. The normalized spacial score (nSPS) is 14.2. The molecule has 0 bridgehead atoms. The predicted molar refractivity (Wildman–Crippen MR) is 230 cm³/mol. The van der Waals surface area contributed by atoms with Gasteiger partial charge in [0.1, 0.15) is 13.2 Å². The van der Waals surface area contributed by atoms with Crippen LogP contribution in [-0.2, 0) is 18.4 Å². The maximum atomic E-state index is 12.8. The van der Waals surface area contributed by atoms with Crippen molar-refractivity contribution in [2.75, 3.05) is 52.4 Å². The number of carbonyl (C=O) groups excluding carboxylic acids is 1.